The number of nitrogens with zero attached hydrogens (tertiary/aromatic N) is 2. The van der Waals surface area contributed by atoms with Gasteiger partial charge in [0.2, 0.25) is 0 Å². The Hall–Kier alpha value is -9.18. The molecule has 0 radical (unpaired) electrons. The highest BCUT2D eigenvalue weighted by molar-refractivity contribution is 6.17. The number of ketones is 2. The highest BCUT2D eigenvalue weighted by Gasteiger charge is 2.26. The van der Waals surface area contributed by atoms with Crippen molar-refractivity contribution >= 4 is 57.7 Å². The standard InChI is InChI=1S/C56H52N6O10/c1-33-49(53(65)37-17-23-43(57)41(29-37)55(67)68)45-11-5-9-27-61(45)51(33)35-13-19-39(20-14-35)71-31-47(63)59-25-7-3-4-8-26-60-48(64)32-72-40-21-15-36(16-22-40)52-34(2)50(46-12-6-10-28-62(46)52)54(66)38-18-24-44(58)42(30-38)56(69)70/h5-6,9-24,27-30H,3-4,7-8,25-26,31-32,57-58H2,1-2H3,(H,59,63)(H,60,64)(H,67,68)(H,69,70). The van der Waals surface area contributed by atoms with Crippen molar-refractivity contribution < 1.29 is 48.5 Å². The average Bonchev–Trinajstić information content (AvgIpc) is 3.85. The van der Waals surface area contributed by atoms with Gasteiger partial charge >= 0.3 is 11.9 Å². The van der Waals surface area contributed by atoms with E-state index >= 15 is 0 Å². The van der Waals surface area contributed by atoms with E-state index in [-0.39, 0.29) is 70.2 Å². The van der Waals surface area contributed by atoms with Gasteiger partial charge in [-0.25, -0.2) is 9.59 Å². The molecule has 0 unspecified atom stereocenters. The molecule has 2 amide bonds. The fourth-order valence-electron chi connectivity index (χ4n) is 8.88. The van der Waals surface area contributed by atoms with Crippen molar-refractivity contribution in [3.8, 4) is 34.0 Å². The number of nitrogens with two attached hydrogens (primary N) is 2. The van der Waals surface area contributed by atoms with Gasteiger partial charge in [-0.1, -0.05) is 25.0 Å². The molecule has 0 fully saturated rings. The Morgan fingerprint density at radius 3 is 1.28 bits per heavy atom. The maximum Gasteiger partial charge on any atom is 0.337 e. The Morgan fingerprint density at radius 1 is 0.514 bits per heavy atom. The molecular weight excluding hydrogens is 917 g/mol. The second kappa shape index (κ2) is 21.6. The first-order chi connectivity index (χ1) is 34.7. The third-order valence-corrected chi connectivity index (χ3v) is 12.5. The number of unbranched alkanes of at least 4 members (excludes halogenated alkanes) is 3. The Kier molecular flexibility index (Phi) is 14.8. The van der Waals surface area contributed by atoms with Crippen molar-refractivity contribution in [1.29, 1.82) is 0 Å². The van der Waals surface area contributed by atoms with Crippen molar-refractivity contribution in [2.75, 3.05) is 37.8 Å². The molecule has 0 saturated carbocycles. The maximum atomic E-state index is 13.8. The van der Waals surface area contributed by atoms with Crippen LogP contribution in [0.15, 0.2) is 134 Å². The van der Waals surface area contributed by atoms with Crippen molar-refractivity contribution in [3.63, 3.8) is 0 Å². The fourth-order valence-corrected chi connectivity index (χ4v) is 8.88. The van der Waals surface area contributed by atoms with E-state index in [1.54, 1.807) is 24.3 Å². The van der Waals surface area contributed by atoms with Gasteiger partial charge in [-0.3, -0.25) is 19.2 Å². The number of hydrogen-bond acceptors (Lipinski definition) is 10. The summed E-state index contributed by atoms with van der Waals surface area (Å²) in [5.41, 5.74) is 18.8. The molecule has 0 saturated heterocycles. The molecule has 0 aliphatic carbocycles. The molecule has 16 heteroatoms. The van der Waals surface area contributed by atoms with Crippen LogP contribution in [0.25, 0.3) is 33.5 Å². The van der Waals surface area contributed by atoms with Crippen molar-refractivity contribution in [2.24, 2.45) is 0 Å². The van der Waals surface area contributed by atoms with Gasteiger partial charge in [-0.05, 0) is 158 Å². The number of aromatic nitrogens is 2. The molecular formula is C56H52N6O10. The molecule has 0 aliphatic heterocycles. The fraction of sp³-hybridized carbons (Fsp3) is 0.179. The molecule has 366 valence electrons. The second-order valence-corrected chi connectivity index (χ2v) is 17.2. The van der Waals surface area contributed by atoms with Crippen LogP contribution in [0.5, 0.6) is 11.5 Å². The first kappa shape index (κ1) is 49.2. The zero-order chi connectivity index (χ0) is 51.1. The lowest BCUT2D eigenvalue weighted by atomic mass is 9.97. The number of fused-ring (bicyclic) bond motifs is 2. The van der Waals surface area contributed by atoms with Crippen LogP contribution in [0.4, 0.5) is 11.4 Å². The molecule has 72 heavy (non-hydrogen) atoms. The van der Waals surface area contributed by atoms with E-state index in [1.165, 1.54) is 36.4 Å². The molecule has 8 rings (SSSR count). The van der Waals surface area contributed by atoms with Crippen LogP contribution in [0.2, 0.25) is 0 Å². The predicted octanol–water partition coefficient (Wildman–Crippen LogP) is 8.42. The summed E-state index contributed by atoms with van der Waals surface area (Å²) in [5.74, 6) is -2.59. The van der Waals surface area contributed by atoms with E-state index in [9.17, 15) is 39.0 Å². The number of carboxylic acid groups (broad SMARTS) is 2. The molecule has 4 aromatic heterocycles. The minimum atomic E-state index is -1.21. The van der Waals surface area contributed by atoms with Crippen LogP contribution < -0.4 is 31.6 Å². The van der Waals surface area contributed by atoms with Gasteiger partial charge in [0.05, 0.1) is 44.7 Å². The number of carbonyl (C=O) groups excluding carboxylic acids is 4. The number of aromatic carboxylic acids is 2. The highest BCUT2D eigenvalue weighted by atomic mass is 16.5. The second-order valence-electron chi connectivity index (χ2n) is 17.2. The lowest BCUT2D eigenvalue weighted by Crippen LogP contribution is -2.30. The minimum absolute atomic E-state index is 0.0739. The summed E-state index contributed by atoms with van der Waals surface area (Å²) in [6.45, 7) is 4.33. The number of amides is 2. The summed E-state index contributed by atoms with van der Waals surface area (Å²) < 4.78 is 15.4. The van der Waals surface area contributed by atoms with Crippen LogP contribution in [-0.2, 0) is 9.59 Å². The first-order valence-corrected chi connectivity index (χ1v) is 23.3. The number of pyridine rings is 2. The molecule has 0 bridgehead atoms. The van der Waals surface area contributed by atoms with E-state index in [1.807, 2.05) is 95.7 Å². The molecule has 8 N–H and O–H groups in total. The highest BCUT2D eigenvalue weighted by Crippen LogP contribution is 2.36. The van der Waals surface area contributed by atoms with Crippen molar-refractivity contribution in [1.82, 2.24) is 19.4 Å². The normalized spacial score (nSPS) is 11.1. The van der Waals surface area contributed by atoms with Gasteiger partial charge < -0.3 is 50.6 Å². The number of carbonyl (C=O) groups is 6. The molecule has 0 spiro atoms. The lowest BCUT2D eigenvalue weighted by Gasteiger charge is -2.10. The number of benzene rings is 4. The molecule has 8 aromatic rings. The monoisotopic (exact) mass is 968 g/mol. The number of nitrogens with one attached hydrogen (secondary N) is 2. The van der Waals surface area contributed by atoms with Gasteiger partial charge in [-0.2, -0.15) is 0 Å². The summed E-state index contributed by atoms with van der Waals surface area (Å²) in [7, 11) is 0. The van der Waals surface area contributed by atoms with Gasteiger partial charge in [0.1, 0.15) is 11.5 Å². The molecule has 0 aliphatic rings. The van der Waals surface area contributed by atoms with E-state index < -0.39 is 11.9 Å². The minimum Gasteiger partial charge on any atom is -0.484 e. The number of ether oxygens (including phenoxy) is 2. The smallest absolute Gasteiger partial charge is 0.337 e. The van der Waals surface area contributed by atoms with Crippen LogP contribution in [0, 0.1) is 13.8 Å². The van der Waals surface area contributed by atoms with E-state index in [0.29, 0.717) is 57.9 Å². The van der Waals surface area contributed by atoms with Gasteiger partial charge in [0, 0.05) is 48.0 Å². The zero-order valence-corrected chi connectivity index (χ0v) is 39.6. The largest absolute Gasteiger partial charge is 0.484 e. The van der Waals surface area contributed by atoms with Crippen LogP contribution in [-0.4, -0.2) is 80.6 Å². The topological polar surface area (TPSA) is 246 Å². The third-order valence-electron chi connectivity index (χ3n) is 12.5. The Morgan fingerprint density at radius 2 is 0.903 bits per heavy atom. The summed E-state index contributed by atoms with van der Waals surface area (Å²) in [4.78, 5) is 76.2. The van der Waals surface area contributed by atoms with Gasteiger partial charge in [0.25, 0.3) is 11.8 Å². The summed E-state index contributed by atoms with van der Waals surface area (Å²) in [5, 5.41) is 24.9. The number of carboxylic acids is 2. The molecule has 0 atom stereocenters. The number of anilines is 2. The molecule has 16 nitrogen and oxygen atoms in total. The zero-order valence-electron chi connectivity index (χ0n) is 39.6. The molecule has 4 aromatic carbocycles. The van der Waals surface area contributed by atoms with Gasteiger partial charge in [0.15, 0.2) is 24.8 Å². The van der Waals surface area contributed by atoms with Crippen LogP contribution in [0.3, 0.4) is 0 Å². The number of nitrogen functional groups attached to an aromatic ring is 2. The Bertz CT molecular complexity index is 3170. The molecule has 4 heterocycles. The van der Waals surface area contributed by atoms with Gasteiger partial charge in [-0.15, -0.1) is 0 Å². The lowest BCUT2D eigenvalue weighted by molar-refractivity contribution is -0.123. The first-order valence-electron chi connectivity index (χ1n) is 23.3. The van der Waals surface area contributed by atoms with Crippen LogP contribution in [0.1, 0.15) is 89.4 Å². The van der Waals surface area contributed by atoms with E-state index in [2.05, 4.69) is 10.6 Å². The Balaban J connectivity index is 0.743. The predicted molar refractivity (Wildman–Crippen MR) is 273 cm³/mol. The number of rotatable bonds is 21. The number of hydrogen-bond donors (Lipinski definition) is 6. The SMILES string of the molecule is Cc1c(C(=O)c2ccc(N)c(C(=O)O)c2)c2ccccn2c1-c1ccc(OCC(=O)NCCCCCCNC(=O)COc2ccc(-c3c(C)c(C(=O)c4ccc(N)c(C(=O)O)c4)c4ccccn34)cc2)cc1. The quantitative estimate of drug-likeness (QED) is 0.0226. The maximum absolute atomic E-state index is 13.8. The third kappa shape index (κ3) is 10.5. The van der Waals surface area contributed by atoms with Crippen molar-refractivity contribution in [2.45, 2.75) is 39.5 Å². The summed E-state index contributed by atoms with van der Waals surface area (Å²) in [6.07, 6.45) is 6.94. The van der Waals surface area contributed by atoms with E-state index in [4.69, 9.17) is 20.9 Å². The Labute approximate surface area is 413 Å². The van der Waals surface area contributed by atoms with Crippen LogP contribution >= 0.6 is 0 Å². The summed E-state index contributed by atoms with van der Waals surface area (Å²) >= 11 is 0. The van der Waals surface area contributed by atoms with Crippen molar-refractivity contribution in [3.05, 3.63) is 178 Å². The van der Waals surface area contributed by atoms with E-state index in [0.717, 1.165) is 48.2 Å². The summed E-state index contributed by atoms with van der Waals surface area (Å²) in [6, 6.07) is 34.0. The average molecular weight is 969 g/mol.